The summed E-state index contributed by atoms with van der Waals surface area (Å²) in [5, 5.41) is 66.2. The number of amides is 5. The van der Waals surface area contributed by atoms with Crippen LogP contribution in [0.15, 0.2) is 206 Å². The number of hydrogen-bond acceptors (Lipinski definition) is 23. The highest BCUT2D eigenvalue weighted by molar-refractivity contribution is 6.75. The Morgan fingerprint density at radius 2 is 0.914 bits per heavy atom. The third kappa shape index (κ3) is 66.2. The lowest BCUT2D eigenvalue weighted by Crippen LogP contribution is -2.41. The molecule has 0 saturated carbocycles. The van der Waals surface area contributed by atoms with Gasteiger partial charge in [0.2, 0.25) is 11.8 Å². The van der Waals surface area contributed by atoms with Crippen LogP contribution in [0.5, 0.6) is 0 Å². The lowest BCUT2D eigenvalue weighted by atomic mass is 10.1. The molecule has 4 aliphatic heterocycles. The van der Waals surface area contributed by atoms with E-state index in [0.717, 1.165) is 42.2 Å². The zero-order chi connectivity index (χ0) is 107. The number of hydrogen-bond donors (Lipinski definition) is 9. The van der Waals surface area contributed by atoms with E-state index in [-0.39, 0.29) is 66.6 Å². The van der Waals surface area contributed by atoms with Crippen molar-refractivity contribution in [3.8, 4) is 0 Å². The summed E-state index contributed by atoms with van der Waals surface area (Å²) in [5.41, 5.74) is 7.89. The second kappa shape index (κ2) is 74.5. The van der Waals surface area contributed by atoms with Crippen LogP contribution in [0.25, 0.3) is 0 Å². The molecule has 4 aromatic rings. The maximum Gasteiger partial charge on any atom is 0.412 e. The molecule has 29 nitrogen and oxygen atoms in total. The topological polar surface area (TPSA) is 401 Å². The average Bonchev–Trinajstić information content (AvgIpc) is 1.20. The van der Waals surface area contributed by atoms with E-state index in [2.05, 4.69) is 206 Å². The Kier molecular flexibility index (Phi) is 72.2. The monoisotopic (exact) mass is 2040 g/mol. The minimum Gasteiger partial charge on any atom is -0.478 e. The highest BCUT2D eigenvalue weighted by Crippen LogP contribution is 2.39. The quantitative estimate of drug-likeness (QED) is 0.00534. The van der Waals surface area contributed by atoms with Gasteiger partial charge in [-0.05, 0) is 160 Å². The van der Waals surface area contributed by atoms with Gasteiger partial charge in [0.05, 0.1) is 46.2 Å². The van der Waals surface area contributed by atoms with E-state index in [1.54, 1.807) is 24.3 Å². The second-order valence-electron chi connectivity index (χ2n) is 39.5. The first kappa shape index (κ1) is 135. The number of carboxylic acid groups (broad SMARTS) is 1. The van der Waals surface area contributed by atoms with Crippen LogP contribution in [0.1, 0.15) is 182 Å². The van der Waals surface area contributed by atoms with Crippen LogP contribution >= 0.6 is 0 Å². The number of primary amides is 1. The summed E-state index contributed by atoms with van der Waals surface area (Å²) < 4.78 is 52.6. The highest BCUT2D eigenvalue weighted by Gasteiger charge is 2.40. The van der Waals surface area contributed by atoms with Gasteiger partial charge in [0, 0.05) is 66.1 Å². The van der Waals surface area contributed by atoms with E-state index in [1.807, 2.05) is 172 Å². The molecular weight excluding hydrogens is 1860 g/mol. The number of cyclic esters (lactones) is 2. The van der Waals surface area contributed by atoms with Crippen LogP contribution in [0.4, 0.5) is 14.4 Å². The van der Waals surface area contributed by atoms with Crippen molar-refractivity contribution in [1.29, 1.82) is 0 Å². The standard InChI is InChI=1S/2C14H27NO3Si.C13H15NO4.C10H22O2Si.C9H18O3Si.C8H9NO2.C7H18OSi.C6H11NO3.C6H14O3.C6H8.2C6H6.H2/c2*1-14(2,3)19(4,5)18-11-7-9-13(17)15-10-6-8-12(15)16;1-9-7-17-12(15)11(9)14-13(16)18-8-10-5-3-2-4-6-10;1-10(2,3)13(4,5)12-9-7-6-8-11;1-8(2)13(3,4)12-7-5-6-9(10)11;9-8(10)11-6-7-4-2-1-3-5-7;1-6-8-9(4,5)7(2)3;1-2-5(8)7-3-4-10-6(7)9;1-5(4-7)3-6(8)9-2;3*1-2-4-6-5-3-1;/h2*7,9,13,17H,6,8,10-11H2,1-5H3;2-6,9,11H,7-8H2,1H3,(H,14,16);6-7,11H,8-9H2,1-5H3;5-6,8H,7H2,1-4H3,(H,10,11);1-5H,6H2,(H2,9,10);7H,6H2,1-5H3;5,8H,2-4H2,1H3;5-8H,3-4H2,1-2H3;1-4H,5-6H2;2*1-6H;1H/b9-7+;9-7-;;7-6+;6-5-;;;;;;;;/t;;9-,11-;;;;;;5-,6?;;;;/m..0.....1..../s1. The van der Waals surface area contributed by atoms with Gasteiger partial charge in [-0.25, -0.2) is 24.0 Å². The number of aliphatic hydroxyl groups excluding tert-OH is 6. The lowest BCUT2D eigenvalue weighted by Gasteiger charge is -2.35. The number of nitrogens with two attached hydrogens (primary N) is 1. The Bertz CT molecular complexity index is 3910. The third-order valence-electron chi connectivity index (χ3n) is 23.8. The zero-order valence-electron chi connectivity index (χ0n) is 89.4. The summed E-state index contributed by atoms with van der Waals surface area (Å²) in [4.78, 5) is 81.1. The molecule has 792 valence electrons. The van der Waals surface area contributed by atoms with Gasteiger partial charge in [0.15, 0.2) is 47.9 Å². The highest BCUT2D eigenvalue weighted by atomic mass is 28.4. The van der Waals surface area contributed by atoms with Crippen molar-refractivity contribution >= 4 is 83.6 Å². The largest absolute Gasteiger partial charge is 0.478 e. The maximum atomic E-state index is 11.5. The molecule has 4 fully saturated rings. The van der Waals surface area contributed by atoms with E-state index in [0.29, 0.717) is 90.5 Å². The number of likely N-dealkylation sites (tertiary alicyclic amines) is 2. The molecular formula is C105H183N5O24Si5. The fraction of sp³-hybridized carbons (Fsp3) is 0.590. The number of benzene rings is 4. The van der Waals surface area contributed by atoms with Gasteiger partial charge < -0.3 is 102 Å². The Morgan fingerprint density at radius 1 is 0.532 bits per heavy atom. The molecule has 5 aliphatic rings. The number of esters is 1. The van der Waals surface area contributed by atoms with E-state index in [1.165, 1.54) is 34.7 Å². The molecule has 0 bridgehead atoms. The number of aliphatic carboxylic acids is 1. The summed E-state index contributed by atoms with van der Waals surface area (Å²) >= 11 is 0. The summed E-state index contributed by atoms with van der Waals surface area (Å²) in [6, 6.07) is 42.1. The molecule has 0 radical (unpaired) electrons. The minimum absolute atomic E-state index is 0. The van der Waals surface area contributed by atoms with Crippen LogP contribution in [0.2, 0.25) is 91.7 Å². The first-order chi connectivity index (χ1) is 64.9. The number of carbonyl (C=O) groups excluding carboxylic acids is 6. The number of methoxy groups -OCH3 is 1. The normalized spacial score (nSPS) is 16.4. The van der Waals surface area contributed by atoms with Crippen molar-refractivity contribution in [3.63, 3.8) is 0 Å². The first-order valence-electron chi connectivity index (χ1n) is 48.4. The molecule has 0 aromatic heterocycles. The van der Waals surface area contributed by atoms with Gasteiger partial charge in [0.25, 0.3) is 0 Å². The van der Waals surface area contributed by atoms with Crippen molar-refractivity contribution in [1.82, 2.24) is 20.0 Å². The molecule has 4 unspecified atom stereocenters. The molecule has 34 heteroatoms. The first-order valence-corrected chi connectivity index (χ1v) is 63.1. The lowest BCUT2D eigenvalue weighted by molar-refractivity contribution is -0.139. The summed E-state index contributed by atoms with van der Waals surface area (Å²) in [7, 11) is -6.50. The van der Waals surface area contributed by atoms with Crippen molar-refractivity contribution in [2.75, 3.05) is 86.2 Å². The smallest absolute Gasteiger partial charge is 0.412 e. The number of nitrogens with one attached hydrogen (secondary N) is 1. The van der Waals surface area contributed by atoms with Crippen molar-refractivity contribution in [3.05, 3.63) is 217 Å². The third-order valence-corrected chi connectivity index (χ3v) is 44.8. The van der Waals surface area contributed by atoms with Crippen LogP contribution in [-0.4, -0.2) is 251 Å². The number of carbonyl (C=O) groups is 7. The van der Waals surface area contributed by atoms with E-state index in [4.69, 9.17) is 62.9 Å². The maximum absolute atomic E-state index is 11.5. The molecule has 1 aliphatic carbocycles. The fourth-order valence-electron chi connectivity index (χ4n) is 10.3. The van der Waals surface area contributed by atoms with E-state index >= 15 is 0 Å². The Hall–Kier alpha value is -8.39. The molecule has 10 N–H and O–H groups in total. The molecule has 5 amide bonds. The van der Waals surface area contributed by atoms with Gasteiger partial charge in [-0.3, -0.25) is 14.5 Å². The Morgan fingerprint density at radius 3 is 1.20 bits per heavy atom. The average molecular weight is 2040 g/mol. The van der Waals surface area contributed by atoms with Crippen LogP contribution in [-0.2, 0) is 78.2 Å². The zero-order valence-corrected chi connectivity index (χ0v) is 94.4. The SMILES string of the molecule is C1=CCCC=C1.CC(C)(C)[Si](C)(C)OC/C=C/C(O)N1CCCC1=O.CC(C)(C)[Si](C)(C)OC/C=C/CO.CC(C)(C)[Si](C)(C)OC/C=C\C(O)N1CCCC1=O.CC(C)[Si](C)(C)OC/C=C\C(=O)O.CCC(O)N1CCOC1=O.CCO[Si](C)(C)C(C)C.COC(O)C[C@@H](C)CO.C[C@H]1COC(=O)[C@H]1NC(=O)OCc1ccccc1.NC(=O)OCc1ccccc1.[HH].c1ccccc1.c1ccccc1. The van der Waals surface area contributed by atoms with Crippen LogP contribution in [0.3, 0.4) is 0 Å². The second-order valence-corrected chi connectivity index (χ2v) is 63.2. The van der Waals surface area contributed by atoms with E-state index in [9.17, 15) is 43.8 Å². The van der Waals surface area contributed by atoms with Gasteiger partial charge >= 0.3 is 30.2 Å². The van der Waals surface area contributed by atoms with Crippen LogP contribution in [0, 0.1) is 11.8 Å². The minimum atomic E-state index is -1.74. The number of alkyl carbamates (subject to hydrolysis) is 1. The van der Waals surface area contributed by atoms with Gasteiger partial charge in [0.1, 0.15) is 44.5 Å². The Balaban J connectivity index is -0.000000733. The molecule has 4 saturated heterocycles. The van der Waals surface area contributed by atoms with E-state index < -0.39 is 103 Å². The molecule has 7 atom stereocenters. The molecule has 4 aromatic carbocycles. The summed E-state index contributed by atoms with van der Waals surface area (Å²) in [5.74, 6) is -1.18. The molecule has 4 heterocycles. The number of ether oxygens (including phenoxy) is 5. The Labute approximate surface area is 841 Å². The van der Waals surface area contributed by atoms with Crippen molar-refractivity contribution < 1.29 is 117 Å². The van der Waals surface area contributed by atoms with Gasteiger partial charge in [-0.2, -0.15) is 0 Å². The number of nitrogens with zero attached hydrogens (tertiary/aromatic N) is 3. The van der Waals surface area contributed by atoms with Gasteiger partial charge in [-0.1, -0.05) is 299 Å². The number of carboxylic acids is 1. The van der Waals surface area contributed by atoms with Crippen molar-refractivity contribution in [2.24, 2.45) is 17.6 Å². The molecule has 0 spiro atoms. The molecule has 139 heavy (non-hydrogen) atoms. The van der Waals surface area contributed by atoms with Crippen molar-refractivity contribution in [2.45, 2.75) is 305 Å². The predicted octanol–water partition coefficient (Wildman–Crippen LogP) is 20.9. The summed E-state index contributed by atoms with van der Waals surface area (Å²) in [6.07, 6.45) is 23.2. The van der Waals surface area contributed by atoms with Crippen LogP contribution < -0.4 is 11.1 Å². The number of rotatable bonds is 33. The summed E-state index contributed by atoms with van der Waals surface area (Å²) in [6.45, 7) is 64.2. The number of allylic oxidation sites excluding steroid dienone is 4. The molecule has 9 rings (SSSR count). The fourth-order valence-corrected chi connectivity index (χ4v) is 15.1. The number of aliphatic hydroxyl groups is 6. The van der Waals surface area contributed by atoms with Gasteiger partial charge in [-0.15, -0.1) is 0 Å². The predicted molar refractivity (Wildman–Crippen MR) is 573 cm³/mol.